The zero-order valence-corrected chi connectivity index (χ0v) is 11.3. The van der Waals surface area contributed by atoms with Crippen LogP contribution in [0, 0.1) is 10.1 Å². The Bertz CT molecular complexity index is 561. The molecule has 1 atom stereocenters. The van der Waals surface area contributed by atoms with E-state index in [1.54, 1.807) is 0 Å². The second-order valence-corrected chi connectivity index (χ2v) is 4.77. The number of fused-ring (bicyclic) bond motifs is 1. The lowest BCUT2D eigenvalue weighted by Gasteiger charge is -2.10. The minimum absolute atomic E-state index is 0.0104. The van der Waals surface area contributed by atoms with Gasteiger partial charge >= 0.3 is 5.97 Å². The number of carbonyl (C=O) groups excluding carboxylic acids is 1. The van der Waals surface area contributed by atoms with Crippen molar-refractivity contribution in [2.45, 2.75) is 19.4 Å². The van der Waals surface area contributed by atoms with Crippen LogP contribution < -0.4 is 4.74 Å². The predicted octanol–water partition coefficient (Wildman–Crippen LogP) is 2.77. The smallest absolute Gasteiger partial charge is 0.302 e. The minimum atomic E-state index is -0.603. The second kappa shape index (κ2) is 5.22. The molecule has 0 aromatic heterocycles. The van der Waals surface area contributed by atoms with Crippen molar-refractivity contribution in [1.29, 1.82) is 0 Å². The molecule has 0 N–H and O–H groups in total. The zero-order valence-electron chi connectivity index (χ0n) is 9.81. The Morgan fingerprint density at radius 2 is 2.26 bits per heavy atom. The number of ether oxygens (including phenoxy) is 2. The van der Waals surface area contributed by atoms with E-state index >= 15 is 0 Å². The molecular formula is C11H9Cl2NO5. The molecule has 0 fully saturated rings. The van der Waals surface area contributed by atoms with Gasteiger partial charge in [0.05, 0.1) is 4.92 Å². The molecule has 1 aromatic rings. The highest BCUT2D eigenvalue weighted by atomic mass is 35.5. The number of halogens is 2. The van der Waals surface area contributed by atoms with Gasteiger partial charge in [-0.1, -0.05) is 23.2 Å². The van der Waals surface area contributed by atoms with Gasteiger partial charge in [0.1, 0.15) is 28.5 Å². The van der Waals surface area contributed by atoms with Gasteiger partial charge in [0.2, 0.25) is 0 Å². The van der Waals surface area contributed by atoms with Crippen LogP contribution in [0.4, 0.5) is 5.69 Å². The first kappa shape index (κ1) is 13.9. The van der Waals surface area contributed by atoms with Gasteiger partial charge in [-0.05, 0) is 0 Å². The maximum Gasteiger partial charge on any atom is 0.302 e. The molecular weight excluding hydrogens is 297 g/mol. The van der Waals surface area contributed by atoms with Gasteiger partial charge in [0.25, 0.3) is 5.69 Å². The summed E-state index contributed by atoms with van der Waals surface area (Å²) in [6.07, 6.45) is -0.0326. The first-order valence-corrected chi connectivity index (χ1v) is 6.11. The van der Waals surface area contributed by atoms with E-state index in [4.69, 9.17) is 32.7 Å². The number of benzene rings is 1. The molecule has 1 heterocycles. The maximum atomic E-state index is 10.8. The highest BCUT2D eigenvalue weighted by Gasteiger charge is 2.31. The van der Waals surface area contributed by atoms with Crippen molar-refractivity contribution >= 4 is 34.9 Å². The predicted molar refractivity (Wildman–Crippen MR) is 67.9 cm³/mol. The van der Waals surface area contributed by atoms with Gasteiger partial charge in [0.15, 0.2) is 0 Å². The number of hydrogen-bond acceptors (Lipinski definition) is 5. The monoisotopic (exact) mass is 305 g/mol. The molecule has 1 aliphatic heterocycles. The first-order chi connectivity index (χ1) is 8.90. The molecule has 0 spiro atoms. The molecule has 8 heteroatoms. The van der Waals surface area contributed by atoms with Crippen molar-refractivity contribution < 1.29 is 19.2 Å². The van der Waals surface area contributed by atoms with Crippen molar-refractivity contribution in [2.24, 2.45) is 0 Å². The second-order valence-electron chi connectivity index (χ2n) is 4.02. The largest absolute Gasteiger partial charge is 0.485 e. The Labute approximate surface area is 118 Å². The van der Waals surface area contributed by atoms with Gasteiger partial charge in [-0.15, -0.1) is 0 Å². The van der Waals surface area contributed by atoms with E-state index in [-0.39, 0.29) is 22.3 Å². The normalized spacial score (nSPS) is 16.7. The topological polar surface area (TPSA) is 78.7 Å². The van der Waals surface area contributed by atoms with Gasteiger partial charge < -0.3 is 9.47 Å². The Hall–Kier alpha value is -1.53. The molecule has 1 unspecified atom stereocenters. The fraction of sp³-hybridized carbons (Fsp3) is 0.364. The number of rotatable bonds is 3. The van der Waals surface area contributed by atoms with Crippen LogP contribution in [-0.2, 0) is 16.0 Å². The van der Waals surface area contributed by atoms with Crippen molar-refractivity contribution in [1.82, 2.24) is 0 Å². The van der Waals surface area contributed by atoms with Gasteiger partial charge in [-0.3, -0.25) is 14.9 Å². The molecule has 0 amide bonds. The van der Waals surface area contributed by atoms with Crippen molar-refractivity contribution in [3.05, 3.63) is 31.8 Å². The van der Waals surface area contributed by atoms with E-state index in [0.29, 0.717) is 17.7 Å². The lowest BCUT2D eigenvalue weighted by molar-refractivity contribution is -0.384. The summed E-state index contributed by atoms with van der Waals surface area (Å²) in [6, 6.07) is 1.33. The summed E-state index contributed by atoms with van der Waals surface area (Å²) < 4.78 is 10.3. The molecule has 1 aromatic carbocycles. The molecule has 0 bridgehead atoms. The van der Waals surface area contributed by atoms with Gasteiger partial charge in [-0.25, -0.2) is 0 Å². The molecule has 6 nitrogen and oxygen atoms in total. The number of esters is 1. The molecule has 102 valence electrons. The highest BCUT2D eigenvalue weighted by Crippen LogP contribution is 2.45. The maximum absolute atomic E-state index is 10.8. The van der Waals surface area contributed by atoms with Crippen LogP contribution in [0.15, 0.2) is 6.07 Å². The number of nitrogens with zero attached hydrogens (tertiary/aromatic N) is 1. The lowest BCUT2D eigenvalue weighted by atomic mass is 10.1. The third-order valence-electron chi connectivity index (χ3n) is 2.62. The Kier molecular flexibility index (Phi) is 3.82. The lowest BCUT2D eigenvalue weighted by Crippen LogP contribution is -2.21. The molecule has 0 aliphatic carbocycles. The summed E-state index contributed by atoms with van der Waals surface area (Å²) in [6.45, 7) is 1.35. The minimum Gasteiger partial charge on any atom is -0.485 e. The summed E-state index contributed by atoms with van der Waals surface area (Å²) in [5.41, 5.74) is 0.320. The third-order valence-corrected chi connectivity index (χ3v) is 3.46. The molecule has 2 rings (SSSR count). The van der Waals surface area contributed by atoms with E-state index in [9.17, 15) is 14.9 Å². The van der Waals surface area contributed by atoms with E-state index in [2.05, 4.69) is 0 Å². The highest BCUT2D eigenvalue weighted by molar-refractivity contribution is 6.44. The number of nitro benzene ring substituents is 1. The average molecular weight is 306 g/mol. The van der Waals surface area contributed by atoms with Crippen molar-refractivity contribution in [3.8, 4) is 5.75 Å². The van der Waals surface area contributed by atoms with Crippen LogP contribution in [0.2, 0.25) is 10.0 Å². The van der Waals surface area contributed by atoms with Crippen molar-refractivity contribution in [2.75, 3.05) is 6.61 Å². The van der Waals surface area contributed by atoms with Gasteiger partial charge in [-0.2, -0.15) is 0 Å². The van der Waals surface area contributed by atoms with Gasteiger partial charge in [0, 0.05) is 25.0 Å². The summed E-state index contributed by atoms with van der Waals surface area (Å²) in [5.74, 6) is -0.107. The molecule has 19 heavy (non-hydrogen) atoms. The summed E-state index contributed by atoms with van der Waals surface area (Å²) >= 11 is 11.8. The Balaban J connectivity index is 2.26. The van der Waals surface area contributed by atoms with Crippen LogP contribution in [0.1, 0.15) is 12.5 Å². The fourth-order valence-electron chi connectivity index (χ4n) is 1.82. The van der Waals surface area contributed by atoms with Crippen LogP contribution in [0.25, 0.3) is 0 Å². The van der Waals surface area contributed by atoms with Crippen LogP contribution >= 0.6 is 23.2 Å². The molecule has 0 saturated heterocycles. The van der Waals surface area contributed by atoms with E-state index in [1.807, 2.05) is 0 Å². The standard InChI is InChI=1S/C11H9Cl2NO5/c1-5(15)18-4-7-2-6-3-8(14(16)17)9(12)10(13)11(6)19-7/h3,7H,2,4H2,1H3. The number of hydrogen-bond donors (Lipinski definition) is 0. The number of nitro groups is 1. The Morgan fingerprint density at radius 1 is 1.58 bits per heavy atom. The quantitative estimate of drug-likeness (QED) is 0.487. The molecule has 1 aliphatic rings. The van der Waals surface area contributed by atoms with Crippen LogP contribution in [0.3, 0.4) is 0 Å². The van der Waals surface area contributed by atoms with E-state index < -0.39 is 17.0 Å². The van der Waals surface area contributed by atoms with Crippen LogP contribution in [0.5, 0.6) is 5.75 Å². The van der Waals surface area contributed by atoms with E-state index in [0.717, 1.165) is 0 Å². The zero-order chi connectivity index (χ0) is 14.2. The number of carbonyl (C=O) groups is 1. The molecule has 0 radical (unpaired) electrons. The summed E-state index contributed by atoms with van der Waals surface area (Å²) in [4.78, 5) is 20.9. The summed E-state index contributed by atoms with van der Waals surface area (Å²) in [5, 5.41) is 10.7. The first-order valence-electron chi connectivity index (χ1n) is 5.35. The fourth-order valence-corrected chi connectivity index (χ4v) is 2.29. The SMILES string of the molecule is CC(=O)OCC1Cc2cc([N+](=O)[O-])c(Cl)c(Cl)c2O1. The third kappa shape index (κ3) is 2.74. The molecule has 0 saturated carbocycles. The van der Waals surface area contributed by atoms with E-state index in [1.165, 1.54) is 13.0 Å². The summed E-state index contributed by atoms with van der Waals surface area (Å²) in [7, 11) is 0. The van der Waals surface area contributed by atoms with Crippen molar-refractivity contribution in [3.63, 3.8) is 0 Å². The average Bonchev–Trinajstić information content (AvgIpc) is 2.74. The Morgan fingerprint density at radius 3 is 2.84 bits per heavy atom. The van der Waals surface area contributed by atoms with Crippen LogP contribution in [-0.4, -0.2) is 23.6 Å².